The predicted molar refractivity (Wildman–Crippen MR) is 80.9 cm³/mol. The number of carbonyl (C=O) groups excluding carboxylic acids is 1. The van der Waals surface area contributed by atoms with Gasteiger partial charge in [0, 0.05) is 18.8 Å². The van der Waals surface area contributed by atoms with Crippen molar-refractivity contribution >= 4 is 28.6 Å². The molecule has 2 aromatic rings. The summed E-state index contributed by atoms with van der Waals surface area (Å²) < 4.78 is 1.83. The van der Waals surface area contributed by atoms with Gasteiger partial charge in [0.1, 0.15) is 6.54 Å². The number of amides is 1. The van der Waals surface area contributed by atoms with E-state index in [-0.39, 0.29) is 29.4 Å². The zero-order chi connectivity index (χ0) is 12.5. The number of benzene rings is 1. The van der Waals surface area contributed by atoms with Crippen molar-refractivity contribution in [3.63, 3.8) is 0 Å². The molecular weight excluding hydrogens is 306 g/mol. The number of nitrogens with zero attached hydrogens (tertiary/aromatic N) is 3. The summed E-state index contributed by atoms with van der Waals surface area (Å²) in [5, 5.41) is 1.59. The van der Waals surface area contributed by atoms with Crippen molar-refractivity contribution in [2.24, 2.45) is 4.99 Å². The Balaban J connectivity index is 0.00000133. The maximum atomic E-state index is 11.8. The van der Waals surface area contributed by atoms with Crippen LogP contribution in [0.15, 0.2) is 53.7 Å². The Morgan fingerprint density at radius 3 is 2.58 bits per heavy atom. The monoisotopic (exact) mass is 319 g/mol. The normalized spacial score (nSPS) is 14.3. The average Bonchev–Trinajstić information content (AvgIpc) is 2.84. The molecule has 2 heterocycles. The lowest BCUT2D eigenvalue weighted by Crippen LogP contribution is -2.37. The molecule has 0 N–H and O–H groups in total. The van der Waals surface area contributed by atoms with Gasteiger partial charge in [0.05, 0.1) is 11.4 Å². The molecule has 0 aliphatic carbocycles. The highest BCUT2D eigenvalue weighted by Crippen LogP contribution is 2.15. The molecule has 0 fully saturated rings. The van der Waals surface area contributed by atoms with Gasteiger partial charge in [0.25, 0.3) is 5.91 Å². The maximum absolute atomic E-state index is 11.8. The number of aromatic nitrogens is 1. The lowest BCUT2D eigenvalue weighted by molar-refractivity contribution is -0.118. The third-order valence-electron chi connectivity index (χ3n) is 3.07. The van der Waals surface area contributed by atoms with Crippen molar-refractivity contribution in [2.45, 2.75) is 0 Å². The molecule has 0 spiro atoms. The highest BCUT2D eigenvalue weighted by atomic mass is 79.9. The Morgan fingerprint density at radius 2 is 1.84 bits per heavy atom. The topological polar surface area (TPSA) is 37.6 Å². The van der Waals surface area contributed by atoms with Crippen LogP contribution in [-0.4, -0.2) is 29.9 Å². The fraction of sp³-hybridized carbons (Fsp3) is 0.143. The molecule has 0 saturated carbocycles. The first-order valence-electron chi connectivity index (χ1n) is 5.82. The maximum Gasteiger partial charge on any atom is 0.262 e. The van der Waals surface area contributed by atoms with Crippen molar-refractivity contribution in [1.82, 2.24) is 4.68 Å². The van der Waals surface area contributed by atoms with Crippen molar-refractivity contribution in [1.29, 1.82) is 0 Å². The number of likely N-dealkylation sites (N-methyl/N-ethyl adjacent to an activating group) is 1. The number of fused-ring (bicyclic) bond motifs is 1. The fourth-order valence-corrected chi connectivity index (χ4v) is 2.11. The number of rotatable bonds is 1. The smallest absolute Gasteiger partial charge is 0.262 e. The highest BCUT2D eigenvalue weighted by molar-refractivity contribution is 8.93. The van der Waals surface area contributed by atoms with Gasteiger partial charge in [-0.25, -0.2) is 0 Å². The third kappa shape index (κ3) is 2.33. The molecule has 3 rings (SSSR count). The van der Waals surface area contributed by atoms with Gasteiger partial charge in [-0.2, -0.15) is 0 Å². The zero-order valence-corrected chi connectivity index (χ0v) is 12.2. The molecule has 5 heteroatoms. The Morgan fingerprint density at radius 1 is 1.11 bits per heavy atom. The molecule has 1 amide bonds. The van der Waals surface area contributed by atoms with Crippen molar-refractivity contribution in [3.05, 3.63) is 59.9 Å². The predicted octanol–water partition coefficient (Wildman–Crippen LogP) is 2.01. The van der Waals surface area contributed by atoms with E-state index >= 15 is 0 Å². The van der Waals surface area contributed by atoms with Gasteiger partial charge in [-0.1, -0.05) is 30.3 Å². The summed E-state index contributed by atoms with van der Waals surface area (Å²) in [7, 11) is 1.76. The van der Waals surface area contributed by atoms with Crippen LogP contribution in [0, 0.1) is 0 Å². The number of hydrogen-bond acceptors (Lipinski definition) is 2. The Hall–Kier alpha value is -1.88. The van der Waals surface area contributed by atoms with Crippen LogP contribution in [0.3, 0.4) is 0 Å². The molecular formula is C14H14BrN3O. The summed E-state index contributed by atoms with van der Waals surface area (Å²) in [6.07, 6.45) is 1.87. The zero-order valence-electron chi connectivity index (χ0n) is 10.5. The lowest BCUT2D eigenvalue weighted by Gasteiger charge is -2.18. The molecule has 0 atom stereocenters. The van der Waals surface area contributed by atoms with E-state index < -0.39 is 0 Å². The second-order valence-electron chi connectivity index (χ2n) is 4.19. The minimum Gasteiger partial charge on any atom is -0.272 e. The Kier molecular flexibility index (Phi) is 3.85. The molecule has 1 aromatic carbocycles. The summed E-state index contributed by atoms with van der Waals surface area (Å²) in [6, 6.07) is 13.8. The van der Waals surface area contributed by atoms with Gasteiger partial charge in [-0.05, 0) is 12.1 Å². The molecule has 0 saturated heterocycles. The molecule has 1 aliphatic heterocycles. The van der Waals surface area contributed by atoms with E-state index in [9.17, 15) is 4.79 Å². The van der Waals surface area contributed by atoms with Crippen LogP contribution in [0.2, 0.25) is 0 Å². The van der Waals surface area contributed by atoms with Gasteiger partial charge < -0.3 is 0 Å². The minimum atomic E-state index is -0.0154. The van der Waals surface area contributed by atoms with Crippen LogP contribution >= 0.6 is 17.0 Å². The molecule has 0 radical (unpaired) electrons. The van der Waals surface area contributed by atoms with E-state index in [1.165, 1.54) is 0 Å². The standard InChI is InChI=1S/C14H13N3O.BrH/c1-16-13(18)10-15-14(11-6-3-2-4-7-11)12-8-5-9-17(12)16;/h2-9H,10H2,1H3;1H. The van der Waals surface area contributed by atoms with E-state index in [4.69, 9.17) is 0 Å². The summed E-state index contributed by atoms with van der Waals surface area (Å²) in [4.78, 5) is 16.3. The lowest BCUT2D eigenvalue weighted by atomic mass is 10.1. The van der Waals surface area contributed by atoms with Crippen LogP contribution in [0.1, 0.15) is 11.3 Å². The molecule has 1 aliphatic rings. The van der Waals surface area contributed by atoms with Gasteiger partial charge in [0.2, 0.25) is 0 Å². The minimum absolute atomic E-state index is 0. The van der Waals surface area contributed by atoms with E-state index in [0.717, 1.165) is 17.0 Å². The Bertz CT molecular complexity index is 619. The molecule has 98 valence electrons. The molecule has 19 heavy (non-hydrogen) atoms. The van der Waals surface area contributed by atoms with Crippen molar-refractivity contribution in [2.75, 3.05) is 18.6 Å². The number of aliphatic imine (C=N–C) groups is 1. The second-order valence-corrected chi connectivity index (χ2v) is 4.19. The first kappa shape index (κ1) is 13.5. The second kappa shape index (κ2) is 5.40. The van der Waals surface area contributed by atoms with Crippen LogP contribution in [0.4, 0.5) is 0 Å². The molecule has 4 nitrogen and oxygen atoms in total. The quantitative estimate of drug-likeness (QED) is 0.792. The molecule has 0 unspecified atom stereocenters. The van der Waals surface area contributed by atoms with Crippen LogP contribution < -0.4 is 5.01 Å². The Labute approximate surface area is 122 Å². The fourth-order valence-electron chi connectivity index (χ4n) is 2.11. The van der Waals surface area contributed by atoms with Crippen molar-refractivity contribution in [3.8, 4) is 0 Å². The number of carbonyl (C=O) groups is 1. The first-order chi connectivity index (χ1) is 8.77. The van der Waals surface area contributed by atoms with Crippen LogP contribution in [0.5, 0.6) is 0 Å². The number of halogens is 1. The van der Waals surface area contributed by atoms with Gasteiger partial charge >= 0.3 is 0 Å². The number of hydrogen-bond donors (Lipinski definition) is 0. The third-order valence-corrected chi connectivity index (χ3v) is 3.07. The average molecular weight is 320 g/mol. The van der Waals surface area contributed by atoms with E-state index in [1.54, 1.807) is 12.1 Å². The summed E-state index contributed by atoms with van der Waals surface area (Å²) >= 11 is 0. The highest BCUT2D eigenvalue weighted by Gasteiger charge is 2.20. The first-order valence-corrected chi connectivity index (χ1v) is 5.82. The molecule has 0 bridgehead atoms. The largest absolute Gasteiger partial charge is 0.272 e. The summed E-state index contributed by atoms with van der Waals surface area (Å²) in [5.74, 6) is -0.0154. The van der Waals surface area contributed by atoms with Crippen molar-refractivity contribution < 1.29 is 4.79 Å². The van der Waals surface area contributed by atoms with E-state index in [1.807, 2.05) is 53.3 Å². The van der Waals surface area contributed by atoms with Gasteiger partial charge in [0.15, 0.2) is 0 Å². The summed E-state index contributed by atoms with van der Waals surface area (Å²) in [5.41, 5.74) is 2.83. The van der Waals surface area contributed by atoms with E-state index in [0.29, 0.717) is 0 Å². The van der Waals surface area contributed by atoms with E-state index in [2.05, 4.69) is 4.99 Å². The summed E-state index contributed by atoms with van der Waals surface area (Å²) in [6.45, 7) is 0.183. The SMILES string of the molecule is Br.CN1C(=O)CN=C(c2ccccc2)c2cccn21. The van der Waals surface area contributed by atoms with Crippen LogP contribution in [-0.2, 0) is 4.79 Å². The van der Waals surface area contributed by atoms with Gasteiger partial charge in [-0.15, -0.1) is 17.0 Å². The molecule has 1 aromatic heterocycles. The van der Waals surface area contributed by atoms with Gasteiger partial charge in [-0.3, -0.25) is 19.5 Å². The van der Waals surface area contributed by atoms with Crippen LogP contribution in [0.25, 0.3) is 0 Å².